The SMILES string of the molecule is CSCC(C)CNS(=O)(=O)c1ccccc1CNC1CC1. The highest BCUT2D eigenvalue weighted by atomic mass is 32.2. The van der Waals surface area contributed by atoms with Crippen LogP contribution in [0.4, 0.5) is 0 Å². The molecule has 1 fully saturated rings. The molecule has 1 aromatic rings. The molecule has 0 saturated heterocycles. The Morgan fingerprint density at radius 1 is 1.33 bits per heavy atom. The molecule has 1 saturated carbocycles. The molecule has 0 aliphatic heterocycles. The topological polar surface area (TPSA) is 58.2 Å². The fourth-order valence-electron chi connectivity index (χ4n) is 2.13. The van der Waals surface area contributed by atoms with Crippen LogP contribution in [0.15, 0.2) is 29.2 Å². The molecular weight excluding hydrogens is 304 g/mol. The summed E-state index contributed by atoms with van der Waals surface area (Å²) >= 11 is 1.73. The van der Waals surface area contributed by atoms with Crippen LogP contribution in [0.25, 0.3) is 0 Å². The van der Waals surface area contributed by atoms with E-state index in [1.807, 2.05) is 18.4 Å². The van der Waals surface area contributed by atoms with Crippen molar-refractivity contribution < 1.29 is 8.42 Å². The van der Waals surface area contributed by atoms with E-state index in [2.05, 4.69) is 17.0 Å². The maximum atomic E-state index is 12.5. The van der Waals surface area contributed by atoms with Crippen molar-refractivity contribution in [2.24, 2.45) is 5.92 Å². The fourth-order valence-corrected chi connectivity index (χ4v) is 4.22. The van der Waals surface area contributed by atoms with E-state index < -0.39 is 10.0 Å². The van der Waals surface area contributed by atoms with Crippen LogP contribution in [-0.4, -0.2) is 33.0 Å². The van der Waals surface area contributed by atoms with E-state index in [0.717, 1.165) is 11.3 Å². The molecule has 1 aliphatic carbocycles. The van der Waals surface area contributed by atoms with E-state index in [-0.39, 0.29) is 0 Å². The van der Waals surface area contributed by atoms with E-state index in [1.165, 1.54) is 12.8 Å². The molecule has 6 heteroatoms. The molecule has 2 N–H and O–H groups in total. The van der Waals surface area contributed by atoms with Crippen LogP contribution in [0, 0.1) is 5.92 Å². The van der Waals surface area contributed by atoms with Gasteiger partial charge in [-0.25, -0.2) is 13.1 Å². The molecule has 21 heavy (non-hydrogen) atoms. The number of rotatable bonds is 9. The fraction of sp³-hybridized carbons (Fsp3) is 0.600. The second-order valence-electron chi connectivity index (χ2n) is 5.68. The van der Waals surface area contributed by atoms with E-state index in [4.69, 9.17) is 0 Å². The Balaban J connectivity index is 2.03. The van der Waals surface area contributed by atoms with Gasteiger partial charge in [-0.1, -0.05) is 25.1 Å². The minimum absolute atomic E-state index is 0.325. The third-order valence-corrected chi connectivity index (χ3v) is 5.92. The number of thioether (sulfide) groups is 1. The Morgan fingerprint density at radius 2 is 2.05 bits per heavy atom. The van der Waals surface area contributed by atoms with Gasteiger partial charge in [0.2, 0.25) is 10.0 Å². The lowest BCUT2D eigenvalue weighted by Crippen LogP contribution is -2.30. The summed E-state index contributed by atoms with van der Waals surface area (Å²) in [5, 5.41) is 3.37. The van der Waals surface area contributed by atoms with Crippen LogP contribution in [-0.2, 0) is 16.6 Å². The monoisotopic (exact) mass is 328 g/mol. The highest BCUT2D eigenvalue weighted by molar-refractivity contribution is 7.98. The predicted octanol–water partition coefficient (Wildman–Crippen LogP) is 2.22. The van der Waals surface area contributed by atoms with Crippen LogP contribution in [0.1, 0.15) is 25.3 Å². The maximum absolute atomic E-state index is 12.5. The van der Waals surface area contributed by atoms with Gasteiger partial charge < -0.3 is 5.32 Å². The Labute approximate surface area is 132 Å². The lowest BCUT2D eigenvalue weighted by molar-refractivity contribution is 0.560. The molecule has 1 aromatic carbocycles. The van der Waals surface area contributed by atoms with E-state index >= 15 is 0 Å². The number of sulfonamides is 1. The molecule has 4 nitrogen and oxygen atoms in total. The number of nitrogens with one attached hydrogen (secondary N) is 2. The summed E-state index contributed by atoms with van der Waals surface area (Å²) in [5.74, 6) is 1.28. The van der Waals surface area contributed by atoms with Gasteiger partial charge in [-0.05, 0) is 42.4 Å². The number of hydrogen-bond donors (Lipinski definition) is 2. The quantitative estimate of drug-likeness (QED) is 0.730. The first-order valence-electron chi connectivity index (χ1n) is 7.33. The molecule has 2 rings (SSSR count). The molecule has 1 atom stereocenters. The molecule has 0 aromatic heterocycles. The third kappa shape index (κ3) is 5.29. The van der Waals surface area contributed by atoms with Crippen LogP contribution in [0.5, 0.6) is 0 Å². The average molecular weight is 329 g/mol. The highest BCUT2D eigenvalue weighted by Gasteiger charge is 2.23. The van der Waals surface area contributed by atoms with Gasteiger partial charge >= 0.3 is 0 Å². The summed E-state index contributed by atoms with van der Waals surface area (Å²) in [6, 6.07) is 7.80. The Hall–Kier alpha value is -0.560. The maximum Gasteiger partial charge on any atom is 0.240 e. The van der Waals surface area contributed by atoms with Gasteiger partial charge in [0.1, 0.15) is 0 Å². The minimum atomic E-state index is -3.43. The average Bonchev–Trinajstić information content (AvgIpc) is 3.28. The summed E-state index contributed by atoms with van der Waals surface area (Å²) in [6.07, 6.45) is 4.42. The van der Waals surface area contributed by atoms with Gasteiger partial charge in [0.25, 0.3) is 0 Å². The van der Waals surface area contributed by atoms with Crippen LogP contribution < -0.4 is 10.0 Å². The Kier molecular flexibility index (Phi) is 6.10. The van der Waals surface area contributed by atoms with Crippen LogP contribution >= 0.6 is 11.8 Å². The number of hydrogen-bond acceptors (Lipinski definition) is 4. The molecule has 0 amide bonds. The van der Waals surface area contributed by atoms with E-state index in [0.29, 0.717) is 29.9 Å². The molecule has 0 heterocycles. The lowest BCUT2D eigenvalue weighted by Gasteiger charge is -2.14. The zero-order valence-corrected chi connectivity index (χ0v) is 14.3. The van der Waals surface area contributed by atoms with Crippen LogP contribution in [0.2, 0.25) is 0 Å². The molecule has 0 bridgehead atoms. The minimum Gasteiger partial charge on any atom is -0.310 e. The lowest BCUT2D eigenvalue weighted by atomic mass is 10.2. The molecule has 1 unspecified atom stereocenters. The largest absolute Gasteiger partial charge is 0.310 e. The normalized spacial score (nSPS) is 16.9. The zero-order valence-electron chi connectivity index (χ0n) is 12.6. The molecule has 118 valence electrons. The number of benzene rings is 1. The first-order chi connectivity index (χ1) is 10.0. The van der Waals surface area contributed by atoms with Gasteiger partial charge in [0.05, 0.1) is 4.90 Å². The van der Waals surface area contributed by atoms with Gasteiger partial charge in [0, 0.05) is 19.1 Å². The smallest absolute Gasteiger partial charge is 0.240 e. The van der Waals surface area contributed by atoms with Crippen molar-refractivity contribution in [3.8, 4) is 0 Å². The van der Waals surface area contributed by atoms with Crippen molar-refractivity contribution in [2.75, 3.05) is 18.6 Å². The van der Waals surface area contributed by atoms with E-state index in [9.17, 15) is 8.42 Å². The van der Waals surface area contributed by atoms with E-state index in [1.54, 1.807) is 23.9 Å². The Morgan fingerprint density at radius 3 is 2.71 bits per heavy atom. The van der Waals surface area contributed by atoms with Crippen molar-refractivity contribution in [1.29, 1.82) is 0 Å². The third-order valence-electron chi connectivity index (χ3n) is 3.49. The Bertz CT molecular complexity index is 557. The molecule has 1 aliphatic rings. The van der Waals surface area contributed by atoms with Crippen molar-refractivity contribution in [3.05, 3.63) is 29.8 Å². The van der Waals surface area contributed by atoms with Gasteiger partial charge in [-0.15, -0.1) is 0 Å². The highest BCUT2D eigenvalue weighted by Crippen LogP contribution is 2.21. The first kappa shape index (κ1) is 16.8. The predicted molar refractivity (Wildman–Crippen MR) is 89.0 cm³/mol. The summed E-state index contributed by atoms with van der Waals surface area (Å²) in [4.78, 5) is 0.398. The molecule has 0 radical (unpaired) electrons. The summed E-state index contributed by atoms with van der Waals surface area (Å²) in [6.45, 7) is 3.15. The van der Waals surface area contributed by atoms with Crippen molar-refractivity contribution in [2.45, 2.75) is 37.2 Å². The second kappa shape index (κ2) is 7.63. The summed E-state index contributed by atoms with van der Waals surface area (Å²) in [5.41, 5.74) is 0.842. The van der Waals surface area contributed by atoms with Crippen molar-refractivity contribution in [1.82, 2.24) is 10.0 Å². The van der Waals surface area contributed by atoms with Crippen molar-refractivity contribution >= 4 is 21.8 Å². The van der Waals surface area contributed by atoms with Gasteiger partial charge in [0.15, 0.2) is 0 Å². The van der Waals surface area contributed by atoms with Crippen LogP contribution in [0.3, 0.4) is 0 Å². The first-order valence-corrected chi connectivity index (χ1v) is 10.2. The zero-order chi connectivity index (χ0) is 15.3. The molecule has 0 spiro atoms. The van der Waals surface area contributed by atoms with Crippen molar-refractivity contribution in [3.63, 3.8) is 0 Å². The summed E-state index contributed by atoms with van der Waals surface area (Å²) < 4.78 is 27.7. The second-order valence-corrected chi connectivity index (χ2v) is 8.32. The standard InChI is InChI=1S/C15H24N2O2S2/c1-12(11-20-2)9-17-21(18,19)15-6-4-3-5-13(15)10-16-14-7-8-14/h3-6,12,14,16-17H,7-11H2,1-2H3. The molecular formula is C15H24N2O2S2. The van der Waals surface area contributed by atoms with Gasteiger partial charge in [-0.3, -0.25) is 0 Å². The summed E-state index contributed by atoms with van der Waals surface area (Å²) in [7, 11) is -3.43. The van der Waals surface area contributed by atoms with Gasteiger partial charge in [-0.2, -0.15) is 11.8 Å².